The molecule has 3 rings (SSSR count). The van der Waals surface area contributed by atoms with E-state index in [1.165, 1.54) is 24.4 Å². The summed E-state index contributed by atoms with van der Waals surface area (Å²) in [5.41, 5.74) is 0.576. The molecule has 0 aliphatic heterocycles. The molecule has 1 heterocycles. The van der Waals surface area contributed by atoms with Gasteiger partial charge in [0.2, 0.25) is 0 Å². The fourth-order valence-corrected chi connectivity index (χ4v) is 5.63. The molecule has 2 aromatic carbocycles. The summed E-state index contributed by atoms with van der Waals surface area (Å²) in [6.07, 6.45) is 2.93. The SMILES string of the molecule is CCCCC(C(=O)O)N(c1cccc2cccnc12)S(=O)(=O)c1cc(Cl)cc(Cl)c1. The first-order valence-electron chi connectivity index (χ1n) is 9.32. The van der Waals surface area contributed by atoms with Crippen molar-refractivity contribution in [3.8, 4) is 0 Å². The Morgan fingerprint density at radius 3 is 2.43 bits per heavy atom. The number of benzene rings is 2. The predicted octanol–water partition coefficient (Wildman–Crippen LogP) is 5.38. The molecule has 158 valence electrons. The number of carboxylic acid groups (broad SMARTS) is 1. The number of pyridine rings is 1. The second-order valence-electron chi connectivity index (χ2n) is 6.75. The number of aliphatic carboxylic acids is 1. The maximum atomic E-state index is 13.7. The lowest BCUT2D eigenvalue weighted by atomic mass is 10.1. The summed E-state index contributed by atoms with van der Waals surface area (Å²) >= 11 is 12.1. The van der Waals surface area contributed by atoms with Gasteiger partial charge in [-0.2, -0.15) is 0 Å². The number of halogens is 2. The van der Waals surface area contributed by atoms with Gasteiger partial charge in [-0.25, -0.2) is 17.5 Å². The molecule has 0 aliphatic carbocycles. The Morgan fingerprint density at radius 2 is 1.80 bits per heavy atom. The van der Waals surface area contributed by atoms with E-state index in [1.807, 2.05) is 6.92 Å². The fraction of sp³-hybridized carbons (Fsp3) is 0.238. The van der Waals surface area contributed by atoms with Crippen LogP contribution in [-0.2, 0) is 14.8 Å². The minimum absolute atomic E-state index is 0.137. The smallest absolute Gasteiger partial charge is 0.327 e. The Bertz CT molecular complexity index is 1160. The number of unbranched alkanes of at least 4 members (excludes halogenated alkanes) is 1. The molecular formula is C21H20Cl2N2O4S. The maximum Gasteiger partial charge on any atom is 0.327 e. The number of hydrogen-bond donors (Lipinski definition) is 1. The minimum Gasteiger partial charge on any atom is -0.480 e. The van der Waals surface area contributed by atoms with E-state index in [2.05, 4.69) is 4.98 Å². The summed E-state index contributed by atoms with van der Waals surface area (Å²) in [5.74, 6) is -1.24. The molecule has 6 nitrogen and oxygen atoms in total. The highest BCUT2D eigenvalue weighted by molar-refractivity contribution is 7.93. The zero-order chi connectivity index (χ0) is 21.9. The van der Waals surface area contributed by atoms with Gasteiger partial charge in [0.05, 0.1) is 16.1 Å². The van der Waals surface area contributed by atoms with E-state index in [4.69, 9.17) is 23.2 Å². The Morgan fingerprint density at radius 1 is 1.13 bits per heavy atom. The van der Waals surface area contributed by atoms with Gasteiger partial charge in [0.1, 0.15) is 6.04 Å². The standard InChI is InChI=1S/C21H20Cl2N2O4S/c1-2-3-8-19(21(26)27)25(18-9-4-6-14-7-5-10-24-20(14)18)30(28,29)17-12-15(22)11-16(23)13-17/h4-7,9-13,19H,2-3,8H2,1H3,(H,26,27). The number of anilines is 1. The lowest BCUT2D eigenvalue weighted by Crippen LogP contribution is -2.45. The van der Waals surface area contributed by atoms with Gasteiger partial charge in [-0.3, -0.25) is 4.98 Å². The number of sulfonamides is 1. The van der Waals surface area contributed by atoms with E-state index in [-0.39, 0.29) is 27.0 Å². The van der Waals surface area contributed by atoms with Gasteiger partial charge < -0.3 is 5.11 Å². The van der Waals surface area contributed by atoms with Crippen LogP contribution in [0.1, 0.15) is 26.2 Å². The van der Waals surface area contributed by atoms with Gasteiger partial charge in [-0.1, -0.05) is 61.2 Å². The van der Waals surface area contributed by atoms with Crippen molar-refractivity contribution in [2.24, 2.45) is 0 Å². The van der Waals surface area contributed by atoms with E-state index < -0.39 is 22.0 Å². The first-order chi connectivity index (χ1) is 14.3. The van der Waals surface area contributed by atoms with Crippen molar-refractivity contribution in [3.05, 3.63) is 64.8 Å². The number of carbonyl (C=O) groups is 1. The second kappa shape index (κ2) is 9.20. The lowest BCUT2D eigenvalue weighted by molar-refractivity contribution is -0.138. The van der Waals surface area contributed by atoms with Crippen LogP contribution in [0.25, 0.3) is 10.9 Å². The monoisotopic (exact) mass is 466 g/mol. The Balaban J connectivity index is 2.30. The summed E-state index contributed by atoms with van der Waals surface area (Å²) in [7, 11) is -4.32. The van der Waals surface area contributed by atoms with Crippen LogP contribution in [0.2, 0.25) is 10.0 Å². The summed E-state index contributed by atoms with van der Waals surface area (Å²) < 4.78 is 28.3. The normalized spacial score (nSPS) is 12.6. The molecule has 0 spiro atoms. The zero-order valence-electron chi connectivity index (χ0n) is 16.1. The van der Waals surface area contributed by atoms with Crippen molar-refractivity contribution in [2.75, 3.05) is 4.31 Å². The third-order valence-electron chi connectivity index (χ3n) is 4.64. The summed E-state index contributed by atoms with van der Waals surface area (Å²) in [5, 5.41) is 10.9. The van der Waals surface area contributed by atoms with Crippen molar-refractivity contribution in [2.45, 2.75) is 37.1 Å². The van der Waals surface area contributed by atoms with Gasteiger partial charge in [-0.15, -0.1) is 0 Å². The summed E-state index contributed by atoms with van der Waals surface area (Å²) in [4.78, 5) is 16.3. The molecule has 0 aliphatic rings. The van der Waals surface area contributed by atoms with Crippen molar-refractivity contribution < 1.29 is 18.3 Å². The second-order valence-corrected chi connectivity index (χ2v) is 9.44. The van der Waals surface area contributed by atoms with Crippen LogP contribution >= 0.6 is 23.2 Å². The molecule has 1 atom stereocenters. The van der Waals surface area contributed by atoms with Crippen molar-refractivity contribution in [1.29, 1.82) is 0 Å². The van der Waals surface area contributed by atoms with Gasteiger partial charge >= 0.3 is 5.97 Å². The molecule has 1 unspecified atom stereocenters. The van der Waals surface area contributed by atoms with Gasteiger partial charge in [0.15, 0.2) is 0 Å². The van der Waals surface area contributed by atoms with Gasteiger partial charge in [-0.05, 0) is 36.8 Å². The highest BCUT2D eigenvalue weighted by atomic mass is 35.5. The number of hydrogen-bond acceptors (Lipinski definition) is 4. The van der Waals surface area contributed by atoms with Crippen LogP contribution < -0.4 is 4.31 Å². The van der Waals surface area contributed by atoms with Crippen LogP contribution in [0.15, 0.2) is 59.6 Å². The predicted molar refractivity (Wildman–Crippen MR) is 119 cm³/mol. The van der Waals surface area contributed by atoms with Crippen LogP contribution in [0.4, 0.5) is 5.69 Å². The van der Waals surface area contributed by atoms with E-state index in [1.54, 1.807) is 30.3 Å². The first kappa shape index (κ1) is 22.3. The van der Waals surface area contributed by atoms with Crippen molar-refractivity contribution in [3.63, 3.8) is 0 Å². The maximum absolute atomic E-state index is 13.7. The number of fused-ring (bicyclic) bond motifs is 1. The Labute approximate surface area is 185 Å². The summed E-state index contributed by atoms with van der Waals surface area (Å²) in [6, 6.07) is 11.1. The van der Waals surface area contributed by atoms with Crippen LogP contribution in [0.5, 0.6) is 0 Å². The van der Waals surface area contributed by atoms with Crippen LogP contribution in [-0.4, -0.2) is 30.5 Å². The van der Waals surface area contributed by atoms with Crippen molar-refractivity contribution >= 4 is 55.8 Å². The molecule has 0 amide bonds. The molecule has 0 fully saturated rings. The van der Waals surface area contributed by atoms with E-state index in [0.29, 0.717) is 23.7 Å². The quantitative estimate of drug-likeness (QED) is 0.481. The highest BCUT2D eigenvalue weighted by Crippen LogP contribution is 2.34. The van der Waals surface area contributed by atoms with Gasteiger partial charge in [0, 0.05) is 21.6 Å². The number of carboxylic acids is 1. The molecule has 0 saturated heterocycles. The van der Waals surface area contributed by atoms with E-state index in [9.17, 15) is 18.3 Å². The highest BCUT2D eigenvalue weighted by Gasteiger charge is 2.37. The number of nitrogens with zero attached hydrogens (tertiary/aromatic N) is 2. The molecule has 0 saturated carbocycles. The average molecular weight is 467 g/mol. The number of aromatic nitrogens is 1. The topological polar surface area (TPSA) is 87.6 Å². The summed E-state index contributed by atoms with van der Waals surface area (Å²) in [6.45, 7) is 1.91. The number of para-hydroxylation sites is 1. The van der Waals surface area contributed by atoms with Crippen LogP contribution in [0, 0.1) is 0 Å². The number of rotatable bonds is 8. The molecule has 3 aromatic rings. The molecular weight excluding hydrogens is 447 g/mol. The molecule has 9 heteroatoms. The molecule has 30 heavy (non-hydrogen) atoms. The largest absolute Gasteiger partial charge is 0.480 e. The van der Waals surface area contributed by atoms with E-state index >= 15 is 0 Å². The Kier molecular flexibility index (Phi) is 6.85. The first-order valence-corrected chi connectivity index (χ1v) is 11.5. The third-order valence-corrected chi connectivity index (χ3v) is 6.88. The molecule has 0 radical (unpaired) electrons. The van der Waals surface area contributed by atoms with Crippen molar-refractivity contribution in [1.82, 2.24) is 4.98 Å². The molecule has 1 N–H and O–H groups in total. The minimum atomic E-state index is -4.32. The fourth-order valence-electron chi connectivity index (χ4n) is 3.26. The van der Waals surface area contributed by atoms with Gasteiger partial charge in [0.25, 0.3) is 10.0 Å². The van der Waals surface area contributed by atoms with Crippen LogP contribution in [0.3, 0.4) is 0 Å². The Hall–Kier alpha value is -2.35. The zero-order valence-corrected chi connectivity index (χ0v) is 18.5. The molecule has 1 aromatic heterocycles. The van der Waals surface area contributed by atoms with E-state index in [0.717, 1.165) is 4.31 Å². The third kappa shape index (κ3) is 4.53. The molecule has 0 bridgehead atoms. The average Bonchev–Trinajstić information content (AvgIpc) is 2.69. The lowest BCUT2D eigenvalue weighted by Gasteiger charge is -2.31.